The SMILES string of the molecule is Cc1ccc(O)c(CNc2cc3c(cc2Cl)OCCO3)n1. The van der Waals surface area contributed by atoms with E-state index in [1.807, 2.05) is 6.92 Å². The zero-order valence-corrected chi connectivity index (χ0v) is 12.3. The summed E-state index contributed by atoms with van der Waals surface area (Å²) in [5, 5.41) is 13.5. The molecular formula is C15H15ClN2O3. The summed E-state index contributed by atoms with van der Waals surface area (Å²) in [6.07, 6.45) is 0. The molecule has 0 saturated carbocycles. The minimum Gasteiger partial charge on any atom is -0.506 e. The molecule has 0 bridgehead atoms. The summed E-state index contributed by atoms with van der Waals surface area (Å²) in [5.41, 5.74) is 2.13. The molecule has 2 aromatic rings. The lowest BCUT2D eigenvalue weighted by molar-refractivity contribution is 0.171. The fourth-order valence-corrected chi connectivity index (χ4v) is 2.33. The molecule has 1 aliphatic heterocycles. The summed E-state index contributed by atoms with van der Waals surface area (Å²) in [6.45, 7) is 3.29. The monoisotopic (exact) mass is 306 g/mol. The molecule has 3 rings (SSSR count). The fraction of sp³-hybridized carbons (Fsp3) is 0.267. The molecule has 21 heavy (non-hydrogen) atoms. The average molecular weight is 307 g/mol. The van der Waals surface area contributed by atoms with Gasteiger partial charge < -0.3 is 19.9 Å². The maximum Gasteiger partial charge on any atom is 0.163 e. The number of pyridine rings is 1. The fourth-order valence-electron chi connectivity index (χ4n) is 2.11. The van der Waals surface area contributed by atoms with Gasteiger partial charge in [0.2, 0.25) is 0 Å². The second-order valence-corrected chi connectivity index (χ2v) is 5.15. The normalized spacial score (nSPS) is 13.0. The quantitative estimate of drug-likeness (QED) is 0.912. The van der Waals surface area contributed by atoms with Crippen molar-refractivity contribution in [2.75, 3.05) is 18.5 Å². The van der Waals surface area contributed by atoms with Crippen LogP contribution in [0.25, 0.3) is 0 Å². The first-order valence-electron chi connectivity index (χ1n) is 6.62. The van der Waals surface area contributed by atoms with Crippen molar-refractivity contribution in [2.45, 2.75) is 13.5 Å². The molecule has 5 nitrogen and oxygen atoms in total. The Labute approximate surface area is 127 Å². The lowest BCUT2D eigenvalue weighted by Gasteiger charge is -2.20. The van der Waals surface area contributed by atoms with Crippen LogP contribution in [0.2, 0.25) is 5.02 Å². The number of nitrogens with one attached hydrogen (secondary N) is 1. The van der Waals surface area contributed by atoms with Crippen molar-refractivity contribution in [3.63, 3.8) is 0 Å². The van der Waals surface area contributed by atoms with Crippen LogP contribution in [0.5, 0.6) is 17.2 Å². The molecule has 0 saturated heterocycles. The van der Waals surface area contributed by atoms with Gasteiger partial charge >= 0.3 is 0 Å². The Morgan fingerprint density at radius 1 is 1.24 bits per heavy atom. The molecule has 0 aliphatic carbocycles. The molecule has 6 heteroatoms. The highest BCUT2D eigenvalue weighted by molar-refractivity contribution is 6.33. The second-order valence-electron chi connectivity index (χ2n) is 4.75. The molecule has 0 radical (unpaired) electrons. The van der Waals surface area contributed by atoms with Crippen LogP contribution < -0.4 is 14.8 Å². The van der Waals surface area contributed by atoms with Crippen LogP contribution in [0.1, 0.15) is 11.4 Å². The molecule has 1 aromatic carbocycles. The number of hydrogen-bond donors (Lipinski definition) is 2. The number of rotatable bonds is 3. The molecule has 0 unspecified atom stereocenters. The molecule has 2 N–H and O–H groups in total. The Balaban J connectivity index is 1.80. The van der Waals surface area contributed by atoms with Gasteiger partial charge in [-0.25, -0.2) is 0 Å². The number of halogens is 1. The van der Waals surface area contributed by atoms with Crippen molar-refractivity contribution in [1.82, 2.24) is 4.98 Å². The molecule has 0 spiro atoms. The summed E-state index contributed by atoms with van der Waals surface area (Å²) >= 11 is 6.22. The highest BCUT2D eigenvalue weighted by Crippen LogP contribution is 2.38. The molecule has 110 valence electrons. The Hall–Kier alpha value is -2.14. The van der Waals surface area contributed by atoms with Crippen molar-refractivity contribution >= 4 is 17.3 Å². The highest BCUT2D eigenvalue weighted by Gasteiger charge is 2.15. The minimum atomic E-state index is 0.154. The smallest absolute Gasteiger partial charge is 0.163 e. The summed E-state index contributed by atoms with van der Waals surface area (Å²) in [7, 11) is 0. The van der Waals surface area contributed by atoms with Crippen molar-refractivity contribution < 1.29 is 14.6 Å². The third-order valence-electron chi connectivity index (χ3n) is 3.17. The molecule has 0 amide bonds. The molecule has 0 atom stereocenters. The van der Waals surface area contributed by atoms with E-state index in [9.17, 15) is 5.11 Å². The predicted octanol–water partition coefficient (Wildman–Crippen LogP) is 3.13. The van der Waals surface area contributed by atoms with Crippen molar-refractivity contribution in [3.8, 4) is 17.2 Å². The first-order chi connectivity index (χ1) is 10.1. The average Bonchev–Trinajstić information content (AvgIpc) is 2.48. The zero-order valence-electron chi connectivity index (χ0n) is 11.5. The largest absolute Gasteiger partial charge is 0.506 e. The van der Waals surface area contributed by atoms with Gasteiger partial charge in [-0.2, -0.15) is 0 Å². The summed E-state index contributed by atoms with van der Waals surface area (Å²) in [6, 6.07) is 6.91. The van der Waals surface area contributed by atoms with Crippen molar-refractivity contribution in [2.24, 2.45) is 0 Å². The van der Waals surface area contributed by atoms with Crippen LogP contribution in [0.4, 0.5) is 5.69 Å². The van der Waals surface area contributed by atoms with Gasteiger partial charge in [0.1, 0.15) is 24.7 Å². The van der Waals surface area contributed by atoms with Crippen molar-refractivity contribution in [3.05, 3.63) is 40.7 Å². The molecule has 0 fully saturated rings. The molecule has 2 heterocycles. The van der Waals surface area contributed by atoms with Gasteiger partial charge in [-0.3, -0.25) is 4.98 Å². The van der Waals surface area contributed by atoms with Gasteiger partial charge in [0, 0.05) is 17.8 Å². The van der Waals surface area contributed by atoms with E-state index >= 15 is 0 Å². The third kappa shape index (κ3) is 2.97. The van der Waals surface area contributed by atoms with Crippen LogP contribution >= 0.6 is 11.6 Å². The number of benzene rings is 1. The van der Waals surface area contributed by atoms with Gasteiger partial charge in [-0.15, -0.1) is 0 Å². The van der Waals surface area contributed by atoms with Gasteiger partial charge in [-0.1, -0.05) is 11.6 Å². The maximum atomic E-state index is 9.79. The van der Waals surface area contributed by atoms with Gasteiger partial charge in [-0.05, 0) is 19.1 Å². The number of anilines is 1. The van der Waals surface area contributed by atoms with Gasteiger partial charge in [0.25, 0.3) is 0 Å². The number of ether oxygens (including phenoxy) is 2. The number of fused-ring (bicyclic) bond motifs is 1. The number of aryl methyl sites for hydroxylation is 1. The maximum absolute atomic E-state index is 9.79. The minimum absolute atomic E-state index is 0.154. The summed E-state index contributed by atoms with van der Waals surface area (Å²) in [5.74, 6) is 1.46. The van der Waals surface area contributed by atoms with Gasteiger partial charge in [0.05, 0.1) is 17.3 Å². The van der Waals surface area contributed by atoms with E-state index < -0.39 is 0 Å². The third-order valence-corrected chi connectivity index (χ3v) is 3.48. The van der Waals surface area contributed by atoms with Crippen LogP contribution in [-0.4, -0.2) is 23.3 Å². The Morgan fingerprint density at radius 2 is 1.95 bits per heavy atom. The van der Waals surface area contributed by atoms with Crippen LogP contribution in [-0.2, 0) is 6.54 Å². The first kappa shape index (κ1) is 13.8. The number of aromatic nitrogens is 1. The standard InChI is InChI=1S/C15H15ClN2O3/c1-9-2-3-13(19)12(18-9)8-17-11-7-15-14(6-10(11)16)20-4-5-21-15/h2-3,6-7,17,19H,4-5,8H2,1H3. The van der Waals surface area contributed by atoms with Crippen molar-refractivity contribution in [1.29, 1.82) is 0 Å². The second kappa shape index (κ2) is 5.69. The van der Waals surface area contributed by atoms with E-state index in [1.165, 1.54) is 0 Å². The van der Waals surface area contributed by atoms with E-state index in [-0.39, 0.29) is 5.75 Å². The first-order valence-corrected chi connectivity index (χ1v) is 7.00. The predicted molar refractivity (Wildman–Crippen MR) is 80.4 cm³/mol. The van der Waals surface area contributed by atoms with Crippen LogP contribution in [0, 0.1) is 6.92 Å². The van der Waals surface area contributed by atoms with E-state index in [4.69, 9.17) is 21.1 Å². The molecular weight excluding hydrogens is 292 g/mol. The molecule has 1 aromatic heterocycles. The van der Waals surface area contributed by atoms with Crippen LogP contribution in [0.3, 0.4) is 0 Å². The zero-order chi connectivity index (χ0) is 14.8. The summed E-state index contributed by atoms with van der Waals surface area (Å²) < 4.78 is 11.0. The lowest BCUT2D eigenvalue weighted by atomic mass is 10.2. The Morgan fingerprint density at radius 3 is 2.71 bits per heavy atom. The van der Waals surface area contributed by atoms with E-state index in [0.717, 1.165) is 5.69 Å². The summed E-state index contributed by atoms with van der Waals surface area (Å²) in [4.78, 5) is 4.29. The Bertz CT molecular complexity index is 676. The van der Waals surface area contributed by atoms with Gasteiger partial charge in [0.15, 0.2) is 11.5 Å². The number of nitrogens with zero attached hydrogens (tertiary/aromatic N) is 1. The number of hydrogen-bond acceptors (Lipinski definition) is 5. The van der Waals surface area contributed by atoms with E-state index in [0.29, 0.717) is 47.7 Å². The highest BCUT2D eigenvalue weighted by atomic mass is 35.5. The lowest BCUT2D eigenvalue weighted by Crippen LogP contribution is -2.15. The number of aromatic hydroxyl groups is 1. The van der Waals surface area contributed by atoms with E-state index in [2.05, 4.69) is 10.3 Å². The van der Waals surface area contributed by atoms with Crippen LogP contribution in [0.15, 0.2) is 24.3 Å². The molecule has 1 aliphatic rings. The van der Waals surface area contributed by atoms with E-state index in [1.54, 1.807) is 24.3 Å². The Kier molecular flexibility index (Phi) is 3.75. The topological polar surface area (TPSA) is 63.6 Å².